The molecule has 0 radical (unpaired) electrons. The number of ether oxygens (including phenoxy) is 2. The molecule has 0 bridgehead atoms. The fraction of sp³-hybridized carbons (Fsp3) is 0.412. The molecule has 0 aliphatic carbocycles. The smallest absolute Gasteiger partial charge is 0.337 e. The summed E-state index contributed by atoms with van der Waals surface area (Å²) in [5.41, 5.74) is 0.0800. The molecule has 1 fully saturated rings. The molecule has 1 aromatic carbocycles. The van der Waals surface area contributed by atoms with E-state index in [4.69, 9.17) is 13.9 Å². The van der Waals surface area contributed by atoms with Gasteiger partial charge < -0.3 is 19.2 Å². The molecule has 2 aromatic rings. The third-order valence-corrected chi connectivity index (χ3v) is 3.79. The van der Waals surface area contributed by atoms with E-state index in [1.54, 1.807) is 18.2 Å². The Morgan fingerprint density at radius 3 is 3.00 bits per heavy atom. The van der Waals surface area contributed by atoms with E-state index in [1.165, 1.54) is 6.07 Å². The molecule has 1 amide bonds. The minimum atomic E-state index is -0.562. The van der Waals surface area contributed by atoms with Crippen LogP contribution in [-0.2, 0) is 4.74 Å². The molecule has 1 aliphatic rings. The van der Waals surface area contributed by atoms with Gasteiger partial charge >= 0.3 is 5.63 Å². The lowest BCUT2D eigenvalue weighted by Gasteiger charge is -2.12. The number of carbonyl (C=O) groups is 1. The molecule has 23 heavy (non-hydrogen) atoms. The van der Waals surface area contributed by atoms with E-state index < -0.39 is 5.63 Å². The molecule has 1 aromatic heterocycles. The van der Waals surface area contributed by atoms with Gasteiger partial charge in [-0.2, -0.15) is 0 Å². The van der Waals surface area contributed by atoms with E-state index >= 15 is 0 Å². The maximum atomic E-state index is 12.4. The monoisotopic (exact) mass is 317 g/mol. The van der Waals surface area contributed by atoms with Gasteiger partial charge in [-0.3, -0.25) is 4.79 Å². The van der Waals surface area contributed by atoms with Crippen molar-refractivity contribution < 1.29 is 18.7 Å². The lowest BCUT2D eigenvalue weighted by atomic mass is 10.1. The van der Waals surface area contributed by atoms with Crippen LogP contribution in [0.15, 0.2) is 33.5 Å². The van der Waals surface area contributed by atoms with Crippen LogP contribution in [0, 0.1) is 0 Å². The Balaban J connectivity index is 1.86. The minimum absolute atomic E-state index is 0.0508. The highest BCUT2D eigenvalue weighted by atomic mass is 16.5. The van der Waals surface area contributed by atoms with Crippen molar-refractivity contribution in [1.82, 2.24) is 5.32 Å². The molecule has 1 aliphatic heterocycles. The second-order valence-electron chi connectivity index (χ2n) is 5.42. The van der Waals surface area contributed by atoms with Crippen molar-refractivity contribution in [3.05, 3.63) is 40.2 Å². The first-order valence-corrected chi connectivity index (χ1v) is 7.78. The number of rotatable bonds is 5. The van der Waals surface area contributed by atoms with Gasteiger partial charge in [0.1, 0.15) is 11.3 Å². The molecular formula is C17H19NO5. The van der Waals surface area contributed by atoms with Crippen molar-refractivity contribution >= 4 is 16.9 Å². The maximum Gasteiger partial charge on any atom is 0.337 e. The van der Waals surface area contributed by atoms with Gasteiger partial charge in [-0.1, -0.05) is 0 Å². The Labute approximate surface area is 133 Å². The van der Waals surface area contributed by atoms with Gasteiger partial charge in [0.25, 0.3) is 5.91 Å². The Morgan fingerprint density at radius 1 is 1.39 bits per heavy atom. The highest BCUT2D eigenvalue weighted by molar-refractivity contribution is 6.05. The summed E-state index contributed by atoms with van der Waals surface area (Å²) >= 11 is 0. The van der Waals surface area contributed by atoms with Crippen LogP contribution in [0.1, 0.15) is 30.1 Å². The first-order chi connectivity index (χ1) is 11.2. The van der Waals surface area contributed by atoms with Crippen LogP contribution < -0.4 is 15.7 Å². The quantitative estimate of drug-likeness (QED) is 0.855. The van der Waals surface area contributed by atoms with E-state index in [0.717, 1.165) is 19.4 Å². The standard InChI is InChI=1S/C17H19NO5/c1-2-21-11-5-6-13-14(9-16(19)23-15(13)8-11)17(20)18-10-12-4-3-7-22-12/h5-6,8-9,12H,2-4,7,10H2,1H3,(H,18,20). The summed E-state index contributed by atoms with van der Waals surface area (Å²) in [4.78, 5) is 24.1. The summed E-state index contributed by atoms with van der Waals surface area (Å²) < 4.78 is 16.0. The Kier molecular flexibility index (Phi) is 4.62. The van der Waals surface area contributed by atoms with Crippen molar-refractivity contribution in [2.75, 3.05) is 19.8 Å². The van der Waals surface area contributed by atoms with Crippen LogP contribution in [0.25, 0.3) is 11.0 Å². The predicted molar refractivity (Wildman–Crippen MR) is 85.0 cm³/mol. The van der Waals surface area contributed by atoms with E-state index in [1.807, 2.05) is 6.92 Å². The zero-order valence-electron chi connectivity index (χ0n) is 13.0. The highest BCUT2D eigenvalue weighted by Crippen LogP contribution is 2.23. The molecule has 1 atom stereocenters. The highest BCUT2D eigenvalue weighted by Gasteiger charge is 2.18. The average Bonchev–Trinajstić information content (AvgIpc) is 3.05. The number of nitrogens with one attached hydrogen (secondary N) is 1. The van der Waals surface area contributed by atoms with Crippen LogP contribution >= 0.6 is 0 Å². The number of hydrogen-bond donors (Lipinski definition) is 1. The molecule has 6 heteroatoms. The third-order valence-electron chi connectivity index (χ3n) is 3.79. The number of fused-ring (bicyclic) bond motifs is 1. The van der Waals surface area contributed by atoms with Gasteiger partial charge in [0.15, 0.2) is 0 Å². The fourth-order valence-electron chi connectivity index (χ4n) is 2.69. The predicted octanol–water partition coefficient (Wildman–Crippen LogP) is 2.10. The van der Waals surface area contributed by atoms with Crippen molar-refractivity contribution in [3.63, 3.8) is 0 Å². The molecule has 0 saturated carbocycles. The second kappa shape index (κ2) is 6.83. The lowest BCUT2D eigenvalue weighted by Crippen LogP contribution is -2.32. The first kappa shape index (κ1) is 15.6. The molecule has 1 saturated heterocycles. The Hall–Kier alpha value is -2.34. The number of amides is 1. The van der Waals surface area contributed by atoms with Crippen molar-refractivity contribution in [3.8, 4) is 5.75 Å². The van der Waals surface area contributed by atoms with Crippen LogP contribution in [0.2, 0.25) is 0 Å². The Morgan fingerprint density at radius 2 is 2.26 bits per heavy atom. The zero-order valence-corrected chi connectivity index (χ0v) is 13.0. The molecule has 3 rings (SSSR count). The van der Waals surface area contributed by atoms with Gasteiger partial charge in [-0.05, 0) is 31.9 Å². The van der Waals surface area contributed by atoms with Crippen LogP contribution in [0.4, 0.5) is 0 Å². The van der Waals surface area contributed by atoms with Gasteiger partial charge in [0.2, 0.25) is 0 Å². The van der Waals surface area contributed by atoms with E-state index in [2.05, 4.69) is 5.32 Å². The van der Waals surface area contributed by atoms with Crippen LogP contribution in [0.5, 0.6) is 5.75 Å². The molecule has 6 nitrogen and oxygen atoms in total. The van der Waals surface area contributed by atoms with Crippen molar-refractivity contribution in [2.45, 2.75) is 25.9 Å². The van der Waals surface area contributed by atoms with E-state index in [0.29, 0.717) is 35.4 Å². The SMILES string of the molecule is CCOc1ccc2c(C(=O)NCC3CCCO3)cc(=O)oc2c1. The van der Waals surface area contributed by atoms with Gasteiger partial charge in [0, 0.05) is 30.7 Å². The molecule has 1 N–H and O–H groups in total. The van der Waals surface area contributed by atoms with Crippen LogP contribution in [0.3, 0.4) is 0 Å². The fourth-order valence-corrected chi connectivity index (χ4v) is 2.69. The molecule has 0 spiro atoms. The van der Waals surface area contributed by atoms with E-state index in [-0.39, 0.29) is 12.0 Å². The zero-order chi connectivity index (χ0) is 16.2. The molecule has 1 unspecified atom stereocenters. The first-order valence-electron chi connectivity index (χ1n) is 7.78. The normalized spacial score (nSPS) is 17.3. The van der Waals surface area contributed by atoms with Gasteiger partial charge in [-0.25, -0.2) is 4.79 Å². The largest absolute Gasteiger partial charge is 0.494 e. The van der Waals surface area contributed by atoms with Crippen molar-refractivity contribution in [1.29, 1.82) is 0 Å². The second-order valence-corrected chi connectivity index (χ2v) is 5.42. The maximum absolute atomic E-state index is 12.4. The topological polar surface area (TPSA) is 77.8 Å². The Bertz CT molecular complexity index is 761. The molecule has 2 heterocycles. The lowest BCUT2D eigenvalue weighted by molar-refractivity contribution is 0.0858. The third kappa shape index (κ3) is 3.53. The summed E-state index contributed by atoms with van der Waals surface area (Å²) in [6, 6.07) is 6.32. The summed E-state index contributed by atoms with van der Waals surface area (Å²) in [6.07, 6.45) is 2.00. The summed E-state index contributed by atoms with van der Waals surface area (Å²) in [6.45, 7) is 3.56. The minimum Gasteiger partial charge on any atom is -0.494 e. The number of benzene rings is 1. The summed E-state index contributed by atoms with van der Waals surface area (Å²) in [5.74, 6) is 0.294. The van der Waals surface area contributed by atoms with Gasteiger partial charge in [-0.15, -0.1) is 0 Å². The molecular weight excluding hydrogens is 298 g/mol. The van der Waals surface area contributed by atoms with Crippen LogP contribution in [-0.4, -0.2) is 31.8 Å². The van der Waals surface area contributed by atoms with Gasteiger partial charge in [0.05, 0.1) is 18.3 Å². The molecule has 122 valence electrons. The average molecular weight is 317 g/mol. The summed E-state index contributed by atoms with van der Waals surface area (Å²) in [7, 11) is 0. The number of carbonyl (C=O) groups excluding carboxylic acids is 1. The van der Waals surface area contributed by atoms with E-state index in [9.17, 15) is 9.59 Å². The van der Waals surface area contributed by atoms with Crippen molar-refractivity contribution in [2.24, 2.45) is 0 Å². The number of hydrogen-bond acceptors (Lipinski definition) is 5. The summed E-state index contributed by atoms with van der Waals surface area (Å²) in [5, 5.41) is 3.41.